The average molecular weight is 288 g/mol. The number of hydrogen-bond acceptors (Lipinski definition) is 7. The summed E-state index contributed by atoms with van der Waals surface area (Å²) in [4.78, 5) is 20.0. The smallest absolute Gasteiger partial charge is 0.373 e. The molecule has 1 N–H and O–H groups in total. The number of hydrogen-bond donors (Lipinski definition) is 1. The Balaban J connectivity index is 2.44. The summed E-state index contributed by atoms with van der Waals surface area (Å²) in [6.45, 7) is 0. The maximum atomic E-state index is 11.0. The van der Waals surface area contributed by atoms with Crippen molar-refractivity contribution in [2.45, 2.75) is 0 Å². The van der Waals surface area contributed by atoms with Crippen molar-refractivity contribution in [3.8, 4) is 5.75 Å². The van der Waals surface area contributed by atoms with E-state index in [1.165, 1.54) is 36.4 Å². The van der Waals surface area contributed by atoms with E-state index in [1.54, 1.807) is 0 Å². The second-order valence-corrected chi connectivity index (χ2v) is 3.88. The molecule has 106 valence electrons. The lowest BCUT2D eigenvalue weighted by Crippen LogP contribution is -1.96. The van der Waals surface area contributed by atoms with Crippen molar-refractivity contribution < 1.29 is 15.0 Å². The molecule has 0 fully saturated rings. The Kier molecular flexibility index (Phi) is 3.84. The van der Waals surface area contributed by atoms with Crippen LogP contribution in [0.25, 0.3) is 0 Å². The normalized spacial score (nSPS) is 10.7. The lowest BCUT2D eigenvalue weighted by Gasteiger charge is -1.98. The largest absolute Gasteiger partial charge is 0.508 e. The van der Waals surface area contributed by atoms with Gasteiger partial charge in [0.2, 0.25) is 0 Å². The molecule has 0 atom stereocenters. The summed E-state index contributed by atoms with van der Waals surface area (Å²) in [5, 5.41) is 38.3. The molecule has 9 nitrogen and oxygen atoms in total. The Labute approximate surface area is 117 Å². The van der Waals surface area contributed by atoms with Gasteiger partial charge in [-0.1, -0.05) is 6.07 Å². The van der Waals surface area contributed by atoms with Gasteiger partial charge in [-0.25, -0.2) is 0 Å². The minimum Gasteiger partial charge on any atom is -0.508 e. The number of aromatic hydroxyl groups is 1. The predicted molar refractivity (Wildman–Crippen MR) is 72.0 cm³/mol. The quantitative estimate of drug-likeness (QED) is 0.521. The van der Waals surface area contributed by atoms with E-state index in [0.717, 1.165) is 6.07 Å². The first kappa shape index (κ1) is 14.1. The summed E-state index contributed by atoms with van der Waals surface area (Å²) in [6.07, 6.45) is 0. The van der Waals surface area contributed by atoms with Crippen LogP contribution in [0.4, 0.5) is 22.7 Å². The van der Waals surface area contributed by atoms with Gasteiger partial charge in [-0.15, -0.1) is 5.11 Å². The number of phenols is 1. The van der Waals surface area contributed by atoms with Crippen LogP contribution in [-0.4, -0.2) is 15.0 Å². The standard InChI is InChI=1S/C12H8N4O5/c17-9-6-4-8(5-7-9)13-14-10-2-1-3-11(15(18)19)12(10)16(20)21/h1-7,17H. The van der Waals surface area contributed by atoms with Crippen LogP contribution in [0.5, 0.6) is 5.75 Å². The summed E-state index contributed by atoms with van der Waals surface area (Å²) in [6, 6.07) is 9.21. The van der Waals surface area contributed by atoms with E-state index in [0.29, 0.717) is 5.69 Å². The van der Waals surface area contributed by atoms with Crippen molar-refractivity contribution in [1.29, 1.82) is 0 Å². The second kappa shape index (κ2) is 5.74. The van der Waals surface area contributed by atoms with Crippen molar-refractivity contribution in [3.63, 3.8) is 0 Å². The summed E-state index contributed by atoms with van der Waals surface area (Å²) >= 11 is 0. The molecule has 0 aliphatic heterocycles. The number of nitro benzene ring substituents is 2. The third-order valence-corrected chi connectivity index (χ3v) is 2.50. The van der Waals surface area contributed by atoms with Crippen molar-refractivity contribution in [2.24, 2.45) is 10.2 Å². The third-order valence-electron chi connectivity index (χ3n) is 2.50. The Morgan fingerprint density at radius 3 is 2.14 bits per heavy atom. The number of nitro groups is 2. The molecule has 0 aromatic heterocycles. The van der Waals surface area contributed by atoms with E-state index in [-0.39, 0.29) is 11.4 Å². The van der Waals surface area contributed by atoms with Crippen LogP contribution in [-0.2, 0) is 0 Å². The lowest BCUT2D eigenvalue weighted by atomic mass is 10.2. The molecule has 0 aliphatic carbocycles. The van der Waals surface area contributed by atoms with E-state index in [1.807, 2.05) is 0 Å². The molecule has 0 bridgehead atoms. The fourth-order valence-electron chi connectivity index (χ4n) is 1.57. The Bertz CT molecular complexity index is 727. The van der Waals surface area contributed by atoms with Crippen LogP contribution in [0.1, 0.15) is 0 Å². The summed E-state index contributed by atoms with van der Waals surface area (Å²) in [5.41, 5.74) is -1.25. The first-order valence-corrected chi connectivity index (χ1v) is 5.61. The van der Waals surface area contributed by atoms with Gasteiger partial charge < -0.3 is 5.11 Å². The van der Waals surface area contributed by atoms with Gasteiger partial charge in [0.15, 0.2) is 5.69 Å². The van der Waals surface area contributed by atoms with Crippen molar-refractivity contribution in [2.75, 3.05) is 0 Å². The van der Waals surface area contributed by atoms with Gasteiger partial charge in [-0.3, -0.25) is 20.2 Å². The Hall–Kier alpha value is -3.36. The number of phenolic OH excluding ortho intramolecular Hbond substituents is 1. The van der Waals surface area contributed by atoms with E-state index in [4.69, 9.17) is 5.11 Å². The molecule has 2 aromatic carbocycles. The van der Waals surface area contributed by atoms with E-state index >= 15 is 0 Å². The fourth-order valence-corrected chi connectivity index (χ4v) is 1.57. The summed E-state index contributed by atoms with van der Waals surface area (Å²) < 4.78 is 0. The van der Waals surface area contributed by atoms with Crippen LogP contribution < -0.4 is 0 Å². The molecule has 0 saturated heterocycles. The first-order chi connectivity index (χ1) is 9.99. The second-order valence-electron chi connectivity index (χ2n) is 3.88. The third kappa shape index (κ3) is 3.15. The van der Waals surface area contributed by atoms with E-state index < -0.39 is 21.2 Å². The highest BCUT2D eigenvalue weighted by Gasteiger charge is 2.28. The monoisotopic (exact) mass is 288 g/mol. The van der Waals surface area contributed by atoms with Crippen LogP contribution in [0, 0.1) is 20.2 Å². The van der Waals surface area contributed by atoms with Gasteiger partial charge in [-0.05, 0) is 30.3 Å². The van der Waals surface area contributed by atoms with Crippen LogP contribution >= 0.6 is 0 Å². The molecule has 0 heterocycles. The zero-order valence-corrected chi connectivity index (χ0v) is 10.4. The molecule has 0 radical (unpaired) electrons. The van der Waals surface area contributed by atoms with Gasteiger partial charge in [0.25, 0.3) is 0 Å². The van der Waals surface area contributed by atoms with E-state index in [9.17, 15) is 20.2 Å². The maximum Gasteiger partial charge on any atom is 0.373 e. The highest BCUT2D eigenvalue weighted by molar-refractivity contribution is 5.68. The number of rotatable bonds is 4. The molecule has 9 heteroatoms. The fraction of sp³-hybridized carbons (Fsp3) is 0. The SMILES string of the molecule is O=[N+]([O-])c1cccc(N=Nc2ccc(O)cc2)c1[N+](=O)[O-]. The van der Waals surface area contributed by atoms with Crippen molar-refractivity contribution >= 4 is 22.7 Å². The first-order valence-electron chi connectivity index (χ1n) is 5.61. The van der Waals surface area contributed by atoms with Gasteiger partial charge in [-0.2, -0.15) is 5.11 Å². The molecule has 0 amide bonds. The Morgan fingerprint density at radius 2 is 1.57 bits per heavy atom. The van der Waals surface area contributed by atoms with E-state index in [2.05, 4.69) is 10.2 Å². The molecular weight excluding hydrogens is 280 g/mol. The molecule has 0 aliphatic rings. The highest BCUT2D eigenvalue weighted by atomic mass is 16.6. The highest BCUT2D eigenvalue weighted by Crippen LogP contribution is 2.37. The molecular formula is C12H8N4O5. The average Bonchev–Trinajstić information content (AvgIpc) is 2.46. The minimum atomic E-state index is -0.872. The van der Waals surface area contributed by atoms with Crippen molar-refractivity contribution in [3.05, 3.63) is 62.7 Å². The molecule has 0 unspecified atom stereocenters. The van der Waals surface area contributed by atoms with Crippen LogP contribution in [0.3, 0.4) is 0 Å². The minimum absolute atomic E-state index is 0.0373. The van der Waals surface area contributed by atoms with Crippen molar-refractivity contribution in [1.82, 2.24) is 0 Å². The Morgan fingerprint density at radius 1 is 0.905 bits per heavy atom. The molecule has 21 heavy (non-hydrogen) atoms. The van der Waals surface area contributed by atoms with Gasteiger partial charge in [0.1, 0.15) is 5.75 Å². The summed E-state index contributed by atoms with van der Waals surface area (Å²) in [7, 11) is 0. The summed E-state index contributed by atoms with van der Waals surface area (Å²) in [5.74, 6) is 0.0373. The zero-order chi connectivity index (χ0) is 15.4. The van der Waals surface area contributed by atoms with Gasteiger partial charge >= 0.3 is 11.4 Å². The molecule has 2 rings (SSSR count). The van der Waals surface area contributed by atoms with Gasteiger partial charge in [0.05, 0.1) is 15.5 Å². The molecule has 0 saturated carbocycles. The lowest BCUT2D eigenvalue weighted by molar-refractivity contribution is -0.421. The number of para-hydroxylation sites is 1. The zero-order valence-electron chi connectivity index (χ0n) is 10.4. The number of azo groups is 1. The molecule has 2 aromatic rings. The van der Waals surface area contributed by atoms with Gasteiger partial charge in [0, 0.05) is 6.07 Å². The maximum absolute atomic E-state index is 11.0. The number of benzene rings is 2. The predicted octanol–water partition coefficient (Wildman–Crippen LogP) is 3.62. The number of nitrogens with zero attached hydrogens (tertiary/aromatic N) is 4. The van der Waals surface area contributed by atoms with Crippen LogP contribution in [0.15, 0.2) is 52.7 Å². The topological polar surface area (TPSA) is 131 Å². The van der Waals surface area contributed by atoms with Crippen LogP contribution in [0.2, 0.25) is 0 Å². The molecule has 0 spiro atoms.